The Morgan fingerprint density at radius 2 is 2.47 bits per heavy atom. The summed E-state index contributed by atoms with van der Waals surface area (Å²) in [5.41, 5.74) is 3.55. The first-order valence-corrected chi connectivity index (χ1v) is 7.11. The molecule has 1 aliphatic rings. The fraction of sp³-hybridized carbons (Fsp3) is 0.385. The second-order valence-electron chi connectivity index (χ2n) is 4.53. The van der Waals surface area contributed by atoms with Crippen LogP contribution >= 0.6 is 11.3 Å². The van der Waals surface area contributed by atoms with Gasteiger partial charge >= 0.3 is 0 Å². The van der Waals surface area contributed by atoms with Gasteiger partial charge in [0, 0.05) is 12.2 Å². The maximum atomic E-state index is 12.2. The summed E-state index contributed by atoms with van der Waals surface area (Å²) in [4.78, 5) is 16.4. The minimum Gasteiger partial charge on any atom is -0.375 e. The maximum Gasteiger partial charge on any atom is 0.244 e. The van der Waals surface area contributed by atoms with E-state index in [9.17, 15) is 4.79 Å². The zero-order chi connectivity index (χ0) is 13.2. The number of nitrogens with one attached hydrogen (secondary N) is 2. The number of carbonyl (C=O) groups excluding carboxylic acids is 1. The molecule has 3 rings (SSSR count). The molecule has 5 nitrogen and oxygen atoms in total. The molecule has 2 heterocycles. The standard InChI is InChI=1S/C13H15N3O2S/c1-8-12(14-4-5-18-8)13(17)16-9-2-3-10-11(6-9)19-7-15-10/h2-3,6-8,12,14H,4-5H2,1H3,(H,16,17)/t8-,12+/m1/s1. The Morgan fingerprint density at radius 3 is 3.32 bits per heavy atom. The molecule has 1 aliphatic heterocycles. The lowest BCUT2D eigenvalue weighted by Crippen LogP contribution is -2.53. The smallest absolute Gasteiger partial charge is 0.244 e. The third-order valence-electron chi connectivity index (χ3n) is 3.20. The quantitative estimate of drug-likeness (QED) is 0.875. The van der Waals surface area contributed by atoms with Gasteiger partial charge in [-0.3, -0.25) is 4.79 Å². The number of benzene rings is 1. The van der Waals surface area contributed by atoms with Crippen molar-refractivity contribution in [2.45, 2.75) is 19.1 Å². The van der Waals surface area contributed by atoms with Crippen molar-refractivity contribution in [1.29, 1.82) is 0 Å². The number of hydrogen-bond donors (Lipinski definition) is 2. The van der Waals surface area contributed by atoms with Crippen molar-refractivity contribution in [2.24, 2.45) is 0 Å². The highest BCUT2D eigenvalue weighted by Crippen LogP contribution is 2.22. The Kier molecular flexibility index (Phi) is 3.46. The van der Waals surface area contributed by atoms with Crippen LogP contribution < -0.4 is 10.6 Å². The molecule has 100 valence electrons. The number of nitrogens with zero attached hydrogens (tertiary/aromatic N) is 1. The number of carbonyl (C=O) groups is 1. The number of morpholine rings is 1. The molecule has 0 aliphatic carbocycles. The highest BCUT2D eigenvalue weighted by Gasteiger charge is 2.28. The summed E-state index contributed by atoms with van der Waals surface area (Å²) >= 11 is 1.56. The van der Waals surface area contributed by atoms with Gasteiger partial charge in [-0.25, -0.2) is 4.98 Å². The molecule has 1 saturated heterocycles. The summed E-state index contributed by atoms with van der Waals surface area (Å²) in [5, 5.41) is 6.10. The van der Waals surface area contributed by atoms with Crippen molar-refractivity contribution < 1.29 is 9.53 Å². The van der Waals surface area contributed by atoms with Crippen LogP contribution in [0.15, 0.2) is 23.7 Å². The molecular weight excluding hydrogens is 262 g/mol. The maximum absolute atomic E-state index is 12.2. The molecule has 1 aromatic carbocycles. The van der Waals surface area contributed by atoms with Gasteiger partial charge in [-0.1, -0.05) is 0 Å². The first kappa shape index (κ1) is 12.5. The molecule has 1 aromatic heterocycles. The molecule has 0 saturated carbocycles. The van der Waals surface area contributed by atoms with Crippen molar-refractivity contribution in [3.63, 3.8) is 0 Å². The number of anilines is 1. The number of hydrogen-bond acceptors (Lipinski definition) is 5. The predicted molar refractivity (Wildman–Crippen MR) is 75.5 cm³/mol. The van der Waals surface area contributed by atoms with E-state index in [4.69, 9.17) is 4.74 Å². The average Bonchev–Trinajstić information content (AvgIpc) is 2.86. The van der Waals surface area contributed by atoms with Crippen LogP contribution in [0.25, 0.3) is 10.2 Å². The van der Waals surface area contributed by atoms with Crippen LogP contribution in [0.3, 0.4) is 0 Å². The van der Waals surface area contributed by atoms with Crippen molar-refractivity contribution in [3.8, 4) is 0 Å². The summed E-state index contributed by atoms with van der Waals surface area (Å²) in [6.07, 6.45) is -0.110. The van der Waals surface area contributed by atoms with Crippen LogP contribution in [0.4, 0.5) is 5.69 Å². The monoisotopic (exact) mass is 277 g/mol. The minimum atomic E-state index is -0.300. The summed E-state index contributed by atoms with van der Waals surface area (Å²) < 4.78 is 6.54. The van der Waals surface area contributed by atoms with E-state index >= 15 is 0 Å². The summed E-state index contributed by atoms with van der Waals surface area (Å²) in [6.45, 7) is 3.26. The second-order valence-corrected chi connectivity index (χ2v) is 5.42. The van der Waals surface area contributed by atoms with Gasteiger partial charge in [-0.2, -0.15) is 0 Å². The zero-order valence-corrected chi connectivity index (χ0v) is 11.4. The van der Waals surface area contributed by atoms with Gasteiger partial charge < -0.3 is 15.4 Å². The van der Waals surface area contributed by atoms with E-state index in [1.165, 1.54) is 0 Å². The Bertz CT molecular complexity index is 598. The van der Waals surface area contributed by atoms with E-state index in [0.717, 1.165) is 15.9 Å². The Morgan fingerprint density at radius 1 is 1.58 bits per heavy atom. The van der Waals surface area contributed by atoms with E-state index < -0.39 is 0 Å². The summed E-state index contributed by atoms with van der Waals surface area (Å²) in [7, 11) is 0. The van der Waals surface area contributed by atoms with Gasteiger partial charge in [-0.15, -0.1) is 11.3 Å². The lowest BCUT2D eigenvalue weighted by atomic mass is 10.1. The second kappa shape index (κ2) is 5.24. The molecule has 0 radical (unpaired) electrons. The number of ether oxygens (including phenoxy) is 1. The first-order valence-electron chi connectivity index (χ1n) is 6.23. The number of amides is 1. The molecule has 2 atom stereocenters. The molecule has 1 amide bonds. The summed E-state index contributed by atoms with van der Waals surface area (Å²) in [6, 6.07) is 5.43. The van der Waals surface area contributed by atoms with Gasteiger partial charge in [0.15, 0.2) is 0 Å². The largest absolute Gasteiger partial charge is 0.375 e. The highest BCUT2D eigenvalue weighted by atomic mass is 32.1. The van der Waals surface area contributed by atoms with Crippen LogP contribution in [-0.4, -0.2) is 36.2 Å². The molecule has 1 fully saturated rings. The molecular formula is C13H15N3O2S. The lowest BCUT2D eigenvalue weighted by Gasteiger charge is -2.29. The normalized spacial score (nSPS) is 23.4. The number of thiazole rings is 1. The average molecular weight is 277 g/mol. The molecule has 6 heteroatoms. The third-order valence-corrected chi connectivity index (χ3v) is 3.99. The van der Waals surface area contributed by atoms with Crippen LogP contribution in [0, 0.1) is 0 Å². The molecule has 0 spiro atoms. The number of rotatable bonds is 2. The number of aromatic nitrogens is 1. The van der Waals surface area contributed by atoms with Gasteiger partial charge in [0.05, 0.1) is 28.4 Å². The predicted octanol–water partition coefficient (Wildman–Crippen LogP) is 1.61. The van der Waals surface area contributed by atoms with Crippen LogP contribution in [0.5, 0.6) is 0 Å². The number of fused-ring (bicyclic) bond motifs is 1. The SMILES string of the molecule is C[C@H]1OCCN[C@@H]1C(=O)Nc1ccc2ncsc2c1. The zero-order valence-electron chi connectivity index (χ0n) is 10.6. The van der Waals surface area contributed by atoms with Gasteiger partial charge in [0.25, 0.3) is 0 Å². The molecule has 0 bridgehead atoms. The van der Waals surface area contributed by atoms with Crippen LogP contribution in [0.2, 0.25) is 0 Å². The van der Waals surface area contributed by atoms with E-state index in [-0.39, 0.29) is 18.1 Å². The van der Waals surface area contributed by atoms with Gasteiger partial charge in [0.1, 0.15) is 6.04 Å². The van der Waals surface area contributed by atoms with E-state index in [0.29, 0.717) is 13.2 Å². The molecule has 2 N–H and O–H groups in total. The molecule has 19 heavy (non-hydrogen) atoms. The minimum absolute atomic E-state index is 0.0592. The highest BCUT2D eigenvalue weighted by molar-refractivity contribution is 7.16. The fourth-order valence-electron chi connectivity index (χ4n) is 2.18. The van der Waals surface area contributed by atoms with Gasteiger partial charge in [0.2, 0.25) is 5.91 Å². The Hall–Kier alpha value is -1.50. The summed E-state index contributed by atoms with van der Waals surface area (Å²) in [5.74, 6) is -0.0592. The van der Waals surface area contributed by atoms with E-state index in [1.807, 2.05) is 25.1 Å². The molecule has 0 unspecified atom stereocenters. The van der Waals surface area contributed by atoms with E-state index in [1.54, 1.807) is 16.8 Å². The van der Waals surface area contributed by atoms with Gasteiger partial charge in [-0.05, 0) is 25.1 Å². The molecule has 2 aromatic rings. The van der Waals surface area contributed by atoms with Crippen molar-refractivity contribution in [2.75, 3.05) is 18.5 Å². The Labute approximate surface area is 115 Å². The lowest BCUT2D eigenvalue weighted by molar-refractivity contribution is -0.123. The third kappa shape index (κ3) is 2.60. The van der Waals surface area contributed by atoms with Crippen molar-refractivity contribution in [1.82, 2.24) is 10.3 Å². The van der Waals surface area contributed by atoms with Crippen molar-refractivity contribution >= 4 is 33.1 Å². The van der Waals surface area contributed by atoms with Crippen molar-refractivity contribution in [3.05, 3.63) is 23.7 Å². The fourth-order valence-corrected chi connectivity index (χ4v) is 2.90. The van der Waals surface area contributed by atoms with E-state index in [2.05, 4.69) is 15.6 Å². The topological polar surface area (TPSA) is 63.2 Å². The van der Waals surface area contributed by atoms with Crippen LogP contribution in [0.1, 0.15) is 6.92 Å². The Balaban J connectivity index is 1.74. The van der Waals surface area contributed by atoms with Crippen LogP contribution in [-0.2, 0) is 9.53 Å². The first-order chi connectivity index (χ1) is 9.24.